The van der Waals surface area contributed by atoms with Crippen molar-refractivity contribution in [2.24, 2.45) is 5.92 Å². The molecule has 1 aliphatic heterocycles. The van der Waals surface area contributed by atoms with Gasteiger partial charge in [-0.3, -0.25) is 9.69 Å². The summed E-state index contributed by atoms with van der Waals surface area (Å²) in [7, 11) is 0. The Balaban J connectivity index is 1.80. The zero-order chi connectivity index (χ0) is 14.1. The number of benzene rings is 1. The first kappa shape index (κ1) is 13.4. The van der Waals surface area contributed by atoms with Crippen LogP contribution in [0.25, 0.3) is 10.9 Å². The second kappa shape index (κ2) is 5.41. The van der Waals surface area contributed by atoms with Gasteiger partial charge in [0.2, 0.25) is 0 Å². The van der Waals surface area contributed by atoms with E-state index >= 15 is 0 Å². The highest BCUT2D eigenvalue weighted by atomic mass is 16.1. The predicted octanol–water partition coefficient (Wildman–Crippen LogP) is 3.39. The second-order valence-corrected chi connectivity index (χ2v) is 6.16. The Bertz CT molecular complexity index is 629. The van der Waals surface area contributed by atoms with E-state index in [4.69, 9.17) is 0 Å². The van der Waals surface area contributed by atoms with Crippen LogP contribution < -0.4 is 0 Å². The fourth-order valence-electron chi connectivity index (χ4n) is 3.18. The van der Waals surface area contributed by atoms with E-state index in [1.807, 2.05) is 12.3 Å². The van der Waals surface area contributed by atoms with Crippen molar-refractivity contribution in [2.45, 2.75) is 26.7 Å². The summed E-state index contributed by atoms with van der Waals surface area (Å²) in [6.45, 7) is 6.98. The maximum absolute atomic E-state index is 12.5. The van der Waals surface area contributed by atoms with Gasteiger partial charge in [-0.2, -0.15) is 0 Å². The van der Waals surface area contributed by atoms with Crippen molar-refractivity contribution in [2.75, 3.05) is 19.6 Å². The molecule has 1 fully saturated rings. The molecule has 1 aliphatic rings. The second-order valence-electron chi connectivity index (χ2n) is 6.16. The molecule has 3 heteroatoms. The van der Waals surface area contributed by atoms with Crippen LogP contribution in [0.2, 0.25) is 0 Å². The molecule has 1 N–H and O–H groups in total. The monoisotopic (exact) mass is 270 g/mol. The smallest absolute Gasteiger partial charge is 0.178 e. The van der Waals surface area contributed by atoms with E-state index in [-0.39, 0.29) is 5.78 Å². The van der Waals surface area contributed by atoms with E-state index < -0.39 is 0 Å². The van der Waals surface area contributed by atoms with Crippen LogP contribution in [0.5, 0.6) is 0 Å². The molecule has 0 saturated carbocycles. The molecular formula is C17H22N2O. The summed E-state index contributed by atoms with van der Waals surface area (Å²) in [6.07, 6.45) is 4.36. The SMILES string of the molecule is Cc1ccc2[nH]cc(C(=O)CN3CCC[C@@H](C)C3)c2c1. The van der Waals surface area contributed by atoms with Gasteiger partial charge in [0.15, 0.2) is 5.78 Å². The lowest BCUT2D eigenvalue weighted by Crippen LogP contribution is -2.37. The van der Waals surface area contributed by atoms with E-state index in [0.29, 0.717) is 12.5 Å². The van der Waals surface area contributed by atoms with Crippen LogP contribution in [0.1, 0.15) is 35.7 Å². The number of Topliss-reactive ketones (excluding diaryl/α,β-unsaturated/α-hetero) is 1. The molecule has 106 valence electrons. The summed E-state index contributed by atoms with van der Waals surface area (Å²) in [4.78, 5) is 18.0. The zero-order valence-corrected chi connectivity index (χ0v) is 12.3. The number of likely N-dealkylation sites (tertiary alicyclic amines) is 1. The first-order chi connectivity index (χ1) is 9.63. The molecule has 0 radical (unpaired) electrons. The summed E-state index contributed by atoms with van der Waals surface area (Å²) in [5.41, 5.74) is 3.07. The number of carbonyl (C=O) groups excluding carboxylic acids is 1. The number of fused-ring (bicyclic) bond motifs is 1. The van der Waals surface area contributed by atoms with Crippen molar-refractivity contribution < 1.29 is 4.79 Å². The lowest BCUT2D eigenvalue weighted by Gasteiger charge is -2.30. The van der Waals surface area contributed by atoms with Crippen molar-refractivity contribution in [3.63, 3.8) is 0 Å². The van der Waals surface area contributed by atoms with Gasteiger partial charge in [0, 0.05) is 29.2 Å². The largest absolute Gasteiger partial charge is 0.360 e. The molecule has 0 spiro atoms. The van der Waals surface area contributed by atoms with Gasteiger partial charge < -0.3 is 4.98 Å². The van der Waals surface area contributed by atoms with Crippen molar-refractivity contribution in [1.82, 2.24) is 9.88 Å². The number of aromatic amines is 1. The molecule has 20 heavy (non-hydrogen) atoms. The average Bonchev–Trinajstić information content (AvgIpc) is 2.81. The first-order valence-corrected chi connectivity index (χ1v) is 7.47. The molecular weight excluding hydrogens is 248 g/mol. The minimum Gasteiger partial charge on any atom is -0.360 e. The lowest BCUT2D eigenvalue weighted by atomic mass is 9.99. The van der Waals surface area contributed by atoms with Gasteiger partial charge >= 0.3 is 0 Å². The molecule has 1 aromatic carbocycles. The van der Waals surface area contributed by atoms with E-state index in [1.165, 1.54) is 18.4 Å². The third-order valence-corrected chi connectivity index (χ3v) is 4.25. The van der Waals surface area contributed by atoms with E-state index in [0.717, 1.165) is 29.6 Å². The van der Waals surface area contributed by atoms with Crippen LogP contribution >= 0.6 is 0 Å². The number of rotatable bonds is 3. The first-order valence-electron chi connectivity index (χ1n) is 7.47. The molecule has 0 unspecified atom stereocenters. The van der Waals surface area contributed by atoms with Crippen LogP contribution in [-0.2, 0) is 0 Å². The Kier molecular flexibility index (Phi) is 3.62. The number of nitrogens with zero attached hydrogens (tertiary/aromatic N) is 1. The fraction of sp³-hybridized carbons (Fsp3) is 0.471. The number of nitrogens with one attached hydrogen (secondary N) is 1. The number of aryl methyl sites for hydroxylation is 1. The molecule has 1 aromatic heterocycles. The number of hydrogen-bond donors (Lipinski definition) is 1. The molecule has 0 aliphatic carbocycles. The van der Waals surface area contributed by atoms with Crippen molar-refractivity contribution >= 4 is 16.7 Å². The average molecular weight is 270 g/mol. The number of aromatic nitrogens is 1. The highest BCUT2D eigenvalue weighted by Crippen LogP contribution is 2.21. The van der Waals surface area contributed by atoms with Gasteiger partial charge in [-0.1, -0.05) is 18.6 Å². The standard InChI is InChI=1S/C17H22N2O/c1-12-5-6-16-14(8-12)15(9-18-16)17(20)11-19-7-3-4-13(2)10-19/h5-6,8-9,13,18H,3-4,7,10-11H2,1-2H3/t13-/m1/s1. The molecule has 2 aromatic rings. The summed E-state index contributed by atoms with van der Waals surface area (Å²) in [5, 5.41) is 1.06. The molecule has 1 atom stereocenters. The minimum atomic E-state index is 0.232. The van der Waals surface area contributed by atoms with Crippen molar-refractivity contribution in [3.8, 4) is 0 Å². The maximum atomic E-state index is 12.5. The Morgan fingerprint density at radius 2 is 2.30 bits per heavy atom. The van der Waals surface area contributed by atoms with Crippen LogP contribution in [0, 0.1) is 12.8 Å². The van der Waals surface area contributed by atoms with Crippen molar-refractivity contribution in [1.29, 1.82) is 0 Å². The molecule has 2 heterocycles. The molecule has 1 saturated heterocycles. The topological polar surface area (TPSA) is 36.1 Å². The van der Waals surface area contributed by atoms with Crippen LogP contribution in [0.4, 0.5) is 0 Å². The van der Waals surface area contributed by atoms with Gasteiger partial charge in [0.25, 0.3) is 0 Å². The van der Waals surface area contributed by atoms with E-state index in [2.05, 4.69) is 35.9 Å². The van der Waals surface area contributed by atoms with Gasteiger partial charge in [-0.15, -0.1) is 0 Å². The molecule has 0 amide bonds. The number of ketones is 1. The van der Waals surface area contributed by atoms with Gasteiger partial charge in [0.05, 0.1) is 6.54 Å². The summed E-state index contributed by atoms with van der Waals surface area (Å²) in [5.74, 6) is 0.942. The number of hydrogen-bond acceptors (Lipinski definition) is 2. The Hall–Kier alpha value is -1.61. The van der Waals surface area contributed by atoms with Crippen LogP contribution in [-0.4, -0.2) is 35.3 Å². The Labute approximate surface area is 120 Å². The highest BCUT2D eigenvalue weighted by molar-refractivity contribution is 6.08. The van der Waals surface area contributed by atoms with E-state index in [1.54, 1.807) is 0 Å². The van der Waals surface area contributed by atoms with Gasteiger partial charge in [-0.25, -0.2) is 0 Å². The normalized spacial score (nSPS) is 20.4. The molecule has 3 nitrogen and oxygen atoms in total. The quantitative estimate of drug-likeness (QED) is 0.868. The molecule has 3 rings (SSSR count). The summed E-state index contributed by atoms with van der Waals surface area (Å²) >= 11 is 0. The Morgan fingerprint density at radius 3 is 3.10 bits per heavy atom. The lowest BCUT2D eigenvalue weighted by molar-refractivity contribution is 0.0894. The maximum Gasteiger partial charge on any atom is 0.178 e. The van der Waals surface area contributed by atoms with Gasteiger partial charge in [-0.05, 0) is 44.4 Å². The molecule has 0 bridgehead atoms. The van der Waals surface area contributed by atoms with Crippen LogP contribution in [0.3, 0.4) is 0 Å². The highest BCUT2D eigenvalue weighted by Gasteiger charge is 2.20. The Morgan fingerprint density at radius 1 is 1.45 bits per heavy atom. The zero-order valence-electron chi connectivity index (χ0n) is 12.3. The summed E-state index contributed by atoms with van der Waals surface area (Å²) < 4.78 is 0. The minimum absolute atomic E-state index is 0.232. The fourth-order valence-corrected chi connectivity index (χ4v) is 3.18. The number of piperidine rings is 1. The third kappa shape index (κ3) is 2.63. The number of carbonyl (C=O) groups is 1. The number of H-pyrrole nitrogens is 1. The third-order valence-electron chi connectivity index (χ3n) is 4.25. The summed E-state index contributed by atoms with van der Waals surface area (Å²) in [6, 6.07) is 6.21. The van der Waals surface area contributed by atoms with Crippen LogP contribution in [0.15, 0.2) is 24.4 Å². The van der Waals surface area contributed by atoms with E-state index in [9.17, 15) is 4.79 Å². The van der Waals surface area contributed by atoms with Gasteiger partial charge in [0.1, 0.15) is 0 Å². The predicted molar refractivity (Wildman–Crippen MR) is 82.2 cm³/mol. The van der Waals surface area contributed by atoms with Crippen molar-refractivity contribution in [3.05, 3.63) is 35.5 Å².